The number of anilines is 2. The highest BCUT2D eigenvalue weighted by molar-refractivity contribution is 6.30. The van der Waals surface area contributed by atoms with Crippen LogP contribution < -0.4 is 10.6 Å². The molecule has 0 bridgehead atoms. The van der Waals surface area contributed by atoms with Crippen LogP contribution in [0.2, 0.25) is 5.02 Å². The molecule has 1 atom stereocenters. The van der Waals surface area contributed by atoms with Crippen molar-refractivity contribution in [2.45, 2.75) is 11.8 Å². The first-order valence-electron chi connectivity index (χ1n) is 7.39. The molecule has 0 heterocycles. The van der Waals surface area contributed by atoms with Gasteiger partial charge in [-0.25, -0.2) is 9.59 Å². The first-order valence-corrected chi connectivity index (χ1v) is 7.77. The fourth-order valence-corrected chi connectivity index (χ4v) is 2.39. The summed E-state index contributed by atoms with van der Waals surface area (Å²) in [6.07, 6.45) is -5.29. The average molecular weight is 403 g/mol. The first kappa shape index (κ1) is 20.5. The number of rotatable bonds is 4. The molecular weight excluding hydrogens is 389 g/mol. The molecule has 2 aromatic carbocycles. The molecule has 0 saturated carbocycles. The molecular formula is C17H14ClF3N2O4. The highest BCUT2D eigenvalue weighted by Crippen LogP contribution is 2.40. The van der Waals surface area contributed by atoms with Gasteiger partial charge in [0.1, 0.15) is 0 Å². The number of carbonyl (C=O) groups is 2. The van der Waals surface area contributed by atoms with E-state index >= 15 is 0 Å². The maximum absolute atomic E-state index is 13.2. The maximum Gasteiger partial charge on any atom is 0.432 e. The number of hydrogen-bond acceptors (Lipinski definition) is 4. The number of hydrogen-bond donors (Lipinski definition) is 3. The summed E-state index contributed by atoms with van der Waals surface area (Å²) < 4.78 is 43.6. The SMILES string of the molecule is COC(=O)[C@@](O)(c1ccc(NC(=O)Nc2cccc(Cl)c2)cc1)C(F)(F)F. The van der Waals surface area contributed by atoms with Crippen LogP contribution in [0.25, 0.3) is 0 Å². The number of aliphatic hydroxyl groups is 1. The van der Waals surface area contributed by atoms with Crippen LogP contribution in [0.4, 0.5) is 29.3 Å². The highest BCUT2D eigenvalue weighted by atomic mass is 35.5. The van der Waals surface area contributed by atoms with Gasteiger partial charge >= 0.3 is 18.2 Å². The molecule has 0 aromatic heterocycles. The van der Waals surface area contributed by atoms with Crippen molar-refractivity contribution in [1.29, 1.82) is 0 Å². The van der Waals surface area contributed by atoms with Crippen molar-refractivity contribution in [1.82, 2.24) is 0 Å². The Balaban J connectivity index is 2.16. The Bertz CT molecular complexity index is 843. The van der Waals surface area contributed by atoms with Crippen LogP contribution >= 0.6 is 11.6 Å². The molecule has 0 spiro atoms. The zero-order valence-electron chi connectivity index (χ0n) is 13.8. The summed E-state index contributed by atoms with van der Waals surface area (Å²) in [6, 6.07) is 9.60. The van der Waals surface area contributed by atoms with Gasteiger partial charge in [0.15, 0.2) is 0 Å². The van der Waals surface area contributed by atoms with Crippen molar-refractivity contribution < 1.29 is 32.6 Å². The standard InChI is InChI=1S/C17H14ClF3N2O4/c1-27-14(24)16(26,17(19,20)21)10-5-7-12(8-6-10)22-15(25)23-13-4-2-3-11(18)9-13/h2-9,26H,1H3,(H2,22,23,25)/t16-/m0/s1. The van der Waals surface area contributed by atoms with E-state index in [0.29, 0.717) is 10.7 Å². The number of nitrogens with one attached hydrogen (secondary N) is 2. The Morgan fingerprint density at radius 3 is 2.15 bits per heavy atom. The number of ether oxygens (including phenoxy) is 1. The van der Waals surface area contributed by atoms with Crippen LogP contribution in [0.1, 0.15) is 5.56 Å². The fraction of sp³-hybridized carbons (Fsp3) is 0.176. The zero-order chi connectivity index (χ0) is 20.2. The molecule has 6 nitrogen and oxygen atoms in total. The van der Waals surface area contributed by atoms with Crippen LogP contribution in [0.5, 0.6) is 0 Å². The van der Waals surface area contributed by atoms with E-state index in [2.05, 4.69) is 15.4 Å². The second-order valence-electron chi connectivity index (χ2n) is 5.37. The summed E-state index contributed by atoms with van der Waals surface area (Å²) in [5.74, 6) is -1.87. The van der Waals surface area contributed by atoms with Gasteiger partial charge in [-0.15, -0.1) is 0 Å². The number of halogens is 4. The summed E-state index contributed by atoms with van der Waals surface area (Å²) in [4.78, 5) is 23.4. The lowest BCUT2D eigenvalue weighted by molar-refractivity contribution is -0.266. The normalized spacial score (nSPS) is 13.4. The molecule has 2 amide bonds. The molecule has 0 saturated heterocycles. The van der Waals surface area contributed by atoms with Crippen molar-refractivity contribution >= 4 is 35.0 Å². The summed E-state index contributed by atoms with van der Waals surface area (Å²) >= 11 is 5.80. The van der Waals surface area contributed by atoms with Crippen LogP contribution in [0.3, 0.4) is 0 Å². The zero-order valence-corrected chi connectivity index (χ0v) is 14.6. The first-order chi connectivity index (χ1) is 12.6. The van der Waals surface area contributed by atoms with Crippen LogP contribution in [0, 0.1) is 0 Å². The van der Waals surface area contributed by atoms with Crippen molar-refractivity contribution in [3.63, 3.8) is 0 Å². The van der Waals surface area contributed by atoms with Gasteiger partial charge in [-0.05, 0) is 30.3 Å². The molecule has 10 heteroatoms. The number of methoxy groups -OCH3 is 1. The Labute approximate surface area is 156 Å². The molecule has 0 aliphatic carbocycles. The minimum Gasteiger partial charge on any atom is -0.466 e. The van der Waals surface area contributed by atoms with E-state index in [9.17, 15) is 27.9 Å². The third kappa shape index (κ3) is 4.50. The van der Waals surface area contributed by atoms with Crippen molar-refractivity contribution in [3.05, 3.63) is 59.1 Å². The molecule has 0 aliphatic rings. The van der Waals surface area contributed by atoms with E-state index in [0.717, 1.165) is 31.4 Å². The summed E-state index contributed by atoms with van der Waals surface area (Å²) in [6.45, 7) is 0. The lowest BCUT2D eigenvalue weighted by Gasteiger charge is -2.28. The number of esters is 1. The number of amides is 2. The largest absolute Gasteiger partial charge is 0.466 e. The predicted molar refractivity (Wildman–Crippen MR) is 92.5 cm³/mol. The lowest BCUT2D eigenvalue weighted by Crippen LogP contribution is -2.49. The van der Waals surface area contributed by atoms with E-state index in [1.54, 1.807) is 18.2 Å². The molecule has 0 unspecified atom stereocenters. The van der Waals surface area contributed by atoms with Gasteiger partial charge in [0, 0.05) is 22.0 Å². The average Bonchev–Trinajstić information content (AvgIpc) is 2.60. The number of urea groups is 1. The van der Waals surface area contributed by atoms with E-state index in [1.807, 2.05) is 0 Å². The third-order valence-electron chi connectivity index (χ3n) is 3.53. The fourth-order valence-electron chi connectivity index (χ4n) is 2.20. The summed E-state index contributed by atoms with van der Waals surface area (Å²) in [5.41, 5.74) is -4.02. The predicted octanol–water partition coefficient (Wildman–Crippen LogP) is 3.91. The Morgan fingerprint density at radius 2 is 1.63 bits per heavy atom. The number of alkyl halides is 3. The Hall–Kier alpha value is -2.78. The minimum atomic E-state index is -5.29. The molecule has 2 rings (SSSR count). The maximum atomic E-state index is 13.2. The number of benzene rings is 2. The molecule has 3 N–H and O–H groups in total. The van der Waals surface area contributed by atoms with E-state index in [4.69, 9.17) is 11.6 Å². The Morgan fingerprint density at radius 1 is 1.04 bits per heavy atom. The molecule has 0 aliphatic heterocycles. The molecule has 144 valence electrons. The van der Waals surface area contributed by atoms with Crippen LogP contribution in [-0.2, 0) is 15.1 Å². The molecule has 2 aromatic rings. The van der Waals surface area contributed by atoms with E-state index < -0.39 is 29.3 Å². The molecule has 0 fully saturated rings. The lowest BCUT2D eigenvalue weighted by atomic mass is 9.93. The van der Waals surface area contributed by atoms with Crippen LogP contribution in [-0.4, -0.2) is 30.4 Å². The second-order valence-corrected chi connectivity index (χ2v) is 5.80. The Kier molecular flexibility index (Phi) is 5.97. The smallest absolute Gasteiger partial charge is 0.432 e. The molecule has 27 heavy (non-hydrogen) atoms. The third-order valence-corrected chi connectivity index (χ3v) is 3.77. The van der Waals surface area contributed by atoms with Gasteiger partial charge in [-0.1, -0.05) is 29.8 Å². The van der Waals surface area contributed by atoms with Crippen molar-refractivity contribution in [2.75, 3.05) is 17.7 Å². The minimum absolute atomic E-state index is 0.132. The topological polar surface area (TPSA) is 87.7 Å². The van der Waals surface area contributed by atoms with Gasteiger partial charge in [0.25, 0.3) is 5.60 Å². The van der Waals surface area contributed by atoms with Gasteiger partial charge in [0.05, 0.1) is 7.11 Å². The quantitative estimate of drug-likeness (QED) is 0.677. The van der Waals surface area contributed by atoms with Crippen molar-refractivity contribution in [2.24, 2.45) is 0 Å². The molecule has 0 radical (unpaired) electrons. The van der Waals surface area contributed by atoms with Crippen LogP contribution in [0.15, 0.2) is 48.5 Å². The number of carbonyl (C=O) groups excluding carboxylic acids is 2. The monoisotopic (exact) mass is 402 g/mol. The van der Waals surface area contributed by atoms with Crippen molar-refractivity contribution in [3.8, 4) is 0 Å². The van der Waals surface area contributed by atoms with Gasteiger partial charge in [0.2, 0.25) is 0 Å². The summed E-state index contributed by atoms with van der Waals surface area (Å²) in [7, 11) is 0.731. The second kappa shape index (κ2) is 7.85. The van der Waals surface area contributed by atoms with Gasteiger partial charge < -0.3 is 20.5 Å². The van der Waals surface area contributed by atoms with Gasteiger partial charge in [-0.3, -0.25) is 0 Å². The van der Waals surface area contributed by atoms with E-state index in [1.165, 1.54) is 6.07 Å². The van der Waals surface area contributed by atoms with E-state index in [-0.39, 0.29) is 5.69 Å². The summed E-state index contributed by atoms with van der Waals surface area (Å²) in [5, 5.41) is 15.2. The highest BCUT2D eigenvalue weighted by Gasteiger charge is 2.62. The van der Waals surface area contributed by atoms with Gasteiger partial charge in [-0.2, -0.15) is 13.2 Å².